The fraction of sp³-hybridized carbons (Fsp3) is 0.533. The van der Waals surface area contributed by atoms with E-state index in [0.717, 1.165) is 5.56 Å². The van der Waals surface area contributed by atoms with Crippen molar-refractivity contribution >= 4 is 11.0 Å². The molecule has 0 aliphatic heterocycles. The van der Waals surface area contributed by atoms with E-state index in [0.29, 0.717) is 4.90 Å². The molecular weight excluding hydrogens is 294 g/mol. The van der Waals surface area contributed by atoms with Crippen LogP contribution in [0.4, 0.5) is 8.78 Å². The van der Waals surface area contributed by atoms with Crippen LogP contribution in [0, 0.1) is 24.2 Å². The van der Waals surface area contributed by atoms with Crippen LogP contribution >= 0.6 is 0 Å². The Morgan fingerprint density at radius 2 is 1.90 bits per heavy atom. The quantitative estimate of drug-likeness (QED) is 0.927. The van der Waals surface area contributed by atoms with Crippen molar-refractivity contribution in [3.63, 3.8) is 0 Å². The minimum Gasteiger partial charge on any atom is -0.237 e. The van der Waals surface area contributed by atoms with Crippen molar-refractivity contribution in [2.24, 2.45) is 5.92 Å². The van der Waals surface area contributed by atoms with Gasteiger partial charge in [-0.1, -0.05) is 17.7 Å². The molecule has 1 aliphatic carbocycles. The molecule has 1 aromatic carbocycles. The molecule has 21 heavy (non-hydrogen) atoms. The number of alkyl halides is 2. The number of rotatable bonds is 4. The van der Waals surface area contributed by atoms with Gasteiger partial charge in [-0.05, 0) is 37.8 Å². The third kappa shape index (κ3) is 4.32. The first-order valence-electron chi connectivity index (χ1n) is 6.93. The average molecular weight is 312 g/mol. The molecule has 2 atom stereocenters. The molecule has 0 aromatic heterocycles. The fourth-order valence-electron chi connectivity index (χ4n) is 2.47. The Morgan fingerprint density at radius 1 is 1.33 bits per heavy atom. The molecule has 114 valence electrons. The fourth-order valence-corrected chi connectivity index (χ4v) is 3.46. The number of aryl methyl sites for hydroxylation is 1. The molecule has 0 amide bonds. The summed E-state index contributed by atoms with van der Waals surface area (Å²) in [5.41, 5.74) is 1.06. The smallest absolute Gasteiger partial charge is 0.237 e. The van der Waals surface area contributed by atoms with E-state index < -0.39 is 22.9 Å². The van der Waals surface area contributed by atoms with Crippen LogP contribution in [0.5, 0.6) is 0 Å². The van der Waals surface area contributed by atoms with Crippen molar-refractivity contribution in [1.82, 2.24) is 4.72 Å². The molecule has 1 saturated carbocycles. The van der Waals surface area contributed by atoms with Crippen molar-refractivity contribution in [1.29, 1.82) is 5.26 Å². The second-order valence-corrected chi connectivity index (χ2v) is 6.74. The molecule has 3 nitrogen and oxygen atoms in total. The van der Waals surface area contributed by atoms with E-state index >= 15 is 0 Å². The van der Waals surface area contributed by atoms with Crippen LogP contribution < -0.4 is 4.72 Å². The number of halogens is 2. The van der Waals surface area contributed by atoms with Crippen LogP contribution in [0.2, 0.25) is 0 Å². The number of nitriles is 1. The van der Waals surface area contributed by atoms with Gasteiger partial charge < -0.3 is 0 Å². The number of nitrogens with zero attached hydrogens (tertiary/aromatic N) is 1. The van der Waals surface area contributed by atoms with E-state index in [4.69, 9.17) is 0 Å². The van der Waals surface area contributed by atoms with E-state index in [9.17, 15) is 18.3 Å². The van der Waals surface area contributed by atoms with Gasteiger partial charge in [0.25, 0.3) is 0 Å². The first-order valence-corrected chi connectivity index (χ1v) is 8.08. The zero-order chi connectivity index (χ0) is 15.5. The maximum atomic E-state index is 13.1. The van der Waals surface area contributed by atoms with Gasteiger partial charge in [-0.25, -0.2) is 17.7 Å². The van der Waals surface area contributed by atoms with Crippen LogP contribution in [-0.4, -0.2) is 16.2 Å². The lowest BCUT2D eigenvalue weighted by Gasteiger charge is -2.30. The van der Waals surface area contributed by atoms with E-state index in [1.54, 1.807) is 12.1 Å². The second kappa shape index (κ2) is 6.63. The molecule has 0 heterocycles. The molecule has 0 radical (unpaired) electrons. The van der Waals surface area contributed by atoms with E-state index in [1.165, 1.54) is 0 Å². The summed E-state index contributed by atoms with van der Waals surface area (Å²) in [6.45, 7) is 1.93. The van der Waals surface area contributed by atoms with E-state index in [1.807, 2.05) is 19.1 Å². The Bertz CT molecular complexity index is 544. The summed E-state index contributed by atoms with van der Waals surface area (Å²) in [6, 6.07) is 8.56. The molecule has 0 unspecified atom stereocenters. The number of hydrogen-bond donors (Lipinski definition) is 1. The summed E-state index contributed by atoms with van der Waals surface area (Å²) >= 11 is 0. The van der Waals surface area contributed by atoms with Gasteiger partial charge in [0.2, 0.25) is 5.92 Å². The van der Waals surface area contributed by atoms with Crippen LogP contribution in [0.1, 0.15) is 31.2 Å². The Hall–Kier alpha value is -1.32. The zero-order valence-corrected chi connectivity index (χ0v) is 12.6. The summed E-state index contributed by atoms with van der Waals surface area (Å²) < 4.78 is 41.3. The molecule has 0 bridgehead atoms. The molecule has 0 spiro atoms. The topological polar surface area (TPSA) is 52.9 Å². The minimum atomic E-state index is -2.62. The van der Waals surface area contributed by atoms with Gasteiger partial charge >= 0.3 is 0 Å². The molecule has 2 rings (SSSR count). The maximum Gasteiger partial charge on any atom is 0.248 e. The van der Waals surface area contributed by atoms with Crippen LogP contribution in [0.15, 0.2) is 29.2 Å². The molecule has 1 aromatic rings. The monoisotopic (exact) mass is 312 g/mol. The first-order chi connectivity index (χ1) is 9.91. The van der Waals surface area contributed by atoms with Crippen LogP contribution in [0.3, 0.4) is 0 Å². The zero-order valence-electron chi connectivity index (χ0n) is 11.8. The van der Waals surface area contributed by atoms with Crippen molar-refractivity contribution in [2.75, 3.05) is 0 Å². The Morgan fingerprint density at radius 3 is 2.43 bits per heavy atom. The first kappa shape index (κ1) is 16.1. The highest BCUT2D eigenvalue weighted by Gasteiger charge is 2.38. The van der Waals surface area contributed by atoms with E-state index in [2.05, 4.69) is 10.8 Å². The summed E-state index contributed by atoms with van der Waals surface area (Å²) in [5.74, 6) is -2.80. The maximum absolute atomic E-state index is 13.1. The Labute approximate surface area is 125 Å². The number of hydrogen-bond acceptors (Lipinski definition) is 2. The number of nitrogens with one attached hydrogen (secondary N) is 1. The summed E-state index contributed by atoms with van der Waals surface area (Å²) in [6.07, 6.45) is 0.163. The third-order valence-electron chi connectivity index (χ3n) is 3.84. The molecular formula is C15H18F2N2OS. The summed E-state index contributed by atoms with van der Waals surface area (Å²) in [5, 5.41) is 9.21. The van der Waals surface area contributed by atoms with Gasteiger partial charge in [0.15, 0.2) is 0 Å². The molecule has 6 heteroatoms. The highest BCUT2D eigenvalue weighted by Crippen LogP contribution is 2.37. The average Bonchev–Trinajstić information content (AvgIpc) is 2.45. The lowest BCUT2D eigenvalue weighted by molar-refractivity contribution is -0.0469. The molecule has 1 fully saturated rings. The second-order valence-electron chi connectivity index (χ2n) is 5.50. The highest BCUT2D eigenvalue weighted by molar-refractivity contribution is 7.83. The van der Waals surface area contributed by atoms with Gasteiger partial charge in [0.05, 0.1) is 11.0 Å². The molecule has 1 aliphatic rings. The minimum absolute atomic E-state index is 0.177. The lowest BCUT2D eigenvalue weighted by atomic mass is 9.83. The summed E-state index contributed by atoms with van der Waals surface area (Å²) in [7, 11) is -1.50. The Balaban J connectivity index is 1.98. The van der Waals surface area contributed by atoms with Gasteiger partial charge in [-0.15, -0.1) is 0 Å². The predicted molar refractivity (Wildman–Crippen MR) is 77.0 cm³/mol. The van der Waals surface area contributed by atoms with Crippen LogP contribution in [0.25, 0.3) is 0 Å². The van der Waals surface area contributed by atoms with Crippen molar-refractivity contribution in [3.05, 3.63) is 29.8 Å². The predicted octanol–water partition coefficient (Wildman–Crippen LogP) is 3.32. The van der Waals surface area contributed by atoms with Crippen molar-refractivity contribution < 1.29 is 13.0 Å². The van der Waals surface area contributed by atoms with Gasteiger partial charge in [-0.3, -0.25) is 0 Å². The molecule has 0 saturated heterocycles. The van der Waals surface area contributed by atoms with Gasteiger partial charge in [0.1, 0.15) is 17.0 Å². The molecule has 1 N–H and O–H groups in total. The lowest BCUT2D eigenvalue weighted by Crippen LogP contribution is -2.39. The standard InChI is InChI=1S/C15H18F2N2OS/c1-11-2-4-13(5-3-11)21(20)19-14(10-18)12-6-8-15(16,17)9-7-12/h2-5,12,14,19H,6-9H2,1H3/t14-,21+/m1/s1. The normalized spacial score (nSPS) is 21.4. The van der Waals surface area contributed by atoms with Gasteiger partial charge in [0, 0.05) is 12.8 Å². The Kier molecular flexibility index (Phi) is 5.07. The SMILES string of the molecule is Cc1ccc([S@](=O)N[C@H](C#N)C2CCC(F)(F)CC2)cc1. The third-order valence-corrected chi connectivity index (χ3v) is 5.01. The van der Waals surface area contributed by atoms with Crippen molar-refractivity contribution in [2.45, 2.75) is 49.5 Å². The number of benzene rings is 1. The summed E-state index contributed by atoms with van der Waals surface area (Å²) in [4.78, 5) is 0.585. The largest absolute Gasteiger partial charge is 0.248 e. The van der Waals surface area contributed by atoms with Gasteiger partial charge in [-0.2, -0.15) is 5.26 Å². The van der Waals surface area contributed by atoms with Crippen LogP contribution in [-0.2, 0) is 11.0 Å². The highest BCUT2D eigenvalue weighted by atomic mass is 32.2. The van der Waals surface area contributed by atoms with Crippen molar-refractivity contribution in [3.8, 4) is 6.07 Å². The van der Waals surface area contributed by atoms with E-state index in [-0.39, 0.29) is 31.6 Å².